The van der Waals surface area contributed by atoms with Gasteiger partial charge in [-0.2, -0.15) is 0 Å². The summed E-state index contributed by atoms with van der Waals surface area (Å²) in [5.41, 5.74) is 1.19. The van der Waals surface area contributed by atoms with Crippen molar-refractivity contribution in [2.24, 2.45) is 5.92 Å². The van der Waals surface area contributed by atoms with Crippen molar-refractivity contribution in [1.82, 2.24) is 10.6 Å². The number of carboxylic acid groups (broad SMARTS) is 1. The van der Waals surface area contributed by atoms with Crippen molar-refractivity contribution >= 4 is 50.4 Å². The zero-order chi connectivity index (χ0) is 29.5. The van der Waals surface area contributed by atoms with Crippen molar-refractivity contribution in [2.45, 2.75) is 57.7 Å². The first-order valence-electron chi connectivity index (χ1n) is 13.1. The molecule has 0 aromatic heterocycles. The summed E-state index contributed by atoms with van der Waals surface area (Å²) in [6, 6.07) is 17.5. The van der Waals surface area contributed by atoms with Crippen LogP contribution in [0.4, 0.5) is 4.79 Å². The number of carbonyl (C=O) groups excluding carboxylic acids is 2. The first-order valence-corrected chi connectivity index (χ1v) is 17.3. The normalized spacial score (nSPS) is 14.4. The molecule has 40 heavy (non-hydrogen) atoms. The zero-order valence-electron chi connectivity index (χ0n) is 23.5. The van der Waals surface area contributed by atoms with Gasteiger partial charge in [0.1, 0.15) is 11.6 Å². The molecule has 4 atom stereocenters. The molecule has 0 heterocycles. The molecule has 2 aromatic carbocycles. The smallest absolute Gasteiger partial charge is 0.407 e. The summed E-state index contributed by atoms with van der Waals surface area (Å²) in [4.78, 5) is 37.6. The second kappa shape index (κ2) is 17.3. The van der Waals surface area contributed by atoms with E-state index in [-0.39, 0.29) is 18.4 Å². The van der Waals surface area contributed by atoms with Crippen LogP contribution in [-0.4, -0.2) is 68.5 Å². The third-order valence-corrected chi connectivity index (χ3v) is 9.06. The second-order valence-corrected chi connectivity index (χ2v) is 14.6. The molecule has 0 saturated carbocycles. The van der Waals surface area contributed by atoms with Gasteiger partial charge < -0.3 is 20.5 Å². The molecule has 2 rings (SSSR count). The van der Waals surface area contributed by atoms with Gasteiger partial charge >= 0.3 is 12.1 Å². The predicted molar refractivity (Wildman–Crippen MR) is 165 cm³/mol. The van der Waals surface area contributed by atoms with Gasteiger partial charge in [0.25, 0.3) is 0 Å². The van der Waals surface area contributed by atoms with E-state index >= 15 is 0 Å². The van der Waals surface area contributed by atoms with Crippen molar-refractivity contribution in [3.05, 3.63) is 71.8 Å². The Morgan fingerprint density at radius 2 is 1.45 bits per heavy atom. The predicted octanol–water partition coefficient (Wildman–Crippen LogP) is 4.70. The quantitative estimate of drug-likeness (QED) is 0.185. The van der Waals surface area contributed by atoms with E-state index in [9.17, 15) is 23.7 Å². The van der Waals surface area contributed by atoms with E-state index in [1.54, 1.807) is 27.0 Å². The summed E-state index contributed by atoms with van der Waals surface area (Å²) < 4.78 is 17.0. The molecule has 3 N–H and O–H groups in total. The number of hydrogen-bond acceptors (Lipinski definition) is 7. The minimum absolute atomic E-state index is 0.193. The zero-order valence-corrected chi connectivity index (χ0v) is 25.9. The Bertz CT molecular complexity index is 1100. The highest BCUT2D eigenvalue weighted by Gasteiger charge is 2.26. The van der Waals surface area contributed by atoms with Gasteiger partial charge in [0.2, 0.25) is 5.91 Å². The Hall–Kier alpha value is -2.50. The lowest BCUT2D eigenvalue weighted by molar-refractivity contribution is -0.142. The van der Waals surface area contributed by atoms with Crippen LogP contribution >= 0.6 is 21.6 Å². The number of amides is 2. The van der Waals surface area contributed by atoms with Gasteiger partial charge in [0, 0.05) is 46.8 Å². The first-order chi connectivity index (χ1) is 18.9. The Morgan fingerprint density at radius 3 is 1.98 bits per heavy atom. The lowest BCUT2D eigenvalue weighted by atomic mass is 9.99. The van der Waals surface area contributed by atoms with Gasteiger partial charge in [-0.1, -0.05) is 82.3 Å². The molecule has 0 bridgehead atoms. The van der Waals surface area contributed by atoms with Gasteiger partial charge in [-0.3, -0.25) is 9.00 Å². The van der Waals surface area contributed by atoms with Crippen molar-refractivity contribution in [1.29, 1.82) is 0 Å². The van der Waals surface area contributed by atoms with Crippen LogP contribution in [0.15, 0.2) is 60.7 Å². The van der Waals surface area contributed by atoms with Crippen molar-refractivity contribution < 1.29 is 28.4 Å². The van der Waals surface area contributed by atoms with Crippen LogP contribution in [0.5, 0.6) is 0 Å². The Kier molecular flexibility index (Phi) is 14.6. The number of carboxylic acids is 1. The average Bonchev–Trinajstić information content (AvgIpc) is 2.88. The summed E-state index contributed by atoms with van der Waals surface area (Å²) >= 11 is 0. The molecule has 8 nitrogen and oxygen atoms in total. The molecule has 0 saturated heterocycles. The largest absolute Gasteiger partial charge is 0.480 e. The minimum atomic E-state index is -1.08. The molecule has 0 aliphatic carbocycles. The molecular formula is C29H40N2O6S3. The molecule has 0 spiro atoms. The highest BCUT2D eigenvalue weighted by molar-refractivity contribution is 8.76. The lowest BCUT2D eigenvalue weighted by Crippen LogP contribution is -2.46. The number of ether oxygens (including phenoxy) is 1. The maximum atomic E-state index is 13.3. The topological polar surface area (TPSA) is 122 Å². The van der Waals surface area contributed by atoms with Crippen LogP contribution in [0, 0.1) is 5.92 Å². The molecular weight excluding hydrogens is 569 g/mol. The fourth-order valence-corrected chi connectivity index (χ4v) is 6.93. The van der Waals surface area contributed by atoms with Crippen LogP contribution in [-0.2, 0) is 38.0 Å². The minimum Gasteiger partial charge on any atom is -0.480 e. The number of nitrogens with one attached hydrogen (secondary N) is 2. The average molecular weight is 609 g/mol. The molecule has 11 heteroatoms. The van der Waals surface area contributed by atoms with E-state index in [1.807, 2.05) is 60.7 Å². The third-order valence-electron chi connectivity index (χ3n) is 5.69. The number of rotatable bonds is 16. The van der Waals surface area contributed by atoms with Crippen LogP contribution in [0.2, 0.25) is 0 Å². The monoisotopic (exact) mass is 608 g/mol. The lowest BCUT2D eigenvalue weighted by Gasteiger charge is -2.24. The van der Waals surface area contributed by atoms with Crippen LogP contribution in [0.1, 0.15) is 38.3 Å². The summed E-state index contributed by atoms with van der Waals surface area (Å²) in [5, 5.41) is 15.4. The van der Waals surface area contributed by atoms with Gasteiger partial charge in [0.05, 0.1) is 5.92 Å². The van der Waals surface area contributed by atoms with E-state index in [0.29, 0.717) is 30.1 Å². The van der Waals surface area contributed by atoms with Crippen molar-refractivity contribution in [3.8, 4) is 0 Å². The third kappa shape index (κ3) is 14.2. The van der Waals surface area contributed by atoms with E-state index in [1.165, 1.54) is 21.6 Å². The van der Waals surface area contributed by atoms with E-state index in [4.69, 9.17) is 4.74 Å². The molecule has 0 radical (unpaired) electrons. The fraction of sp³-hybridized carbons (Fsp3) is 0.483. The molecule has 2 aromatic rings. The maximum absolute atomic E-state index is 13.3. The fourth-order valence-electron chi connectivity index (χ4n) is 3.71. The van der Waals surface area contributed by atoms with E-state index < -0.39 is 40.4 Å². The maximum Gasteiger partial charge on any atom is 0.407 e. The SMILES string of the molecule is CS(=O)CCC(CSSCC(Cc1ccccc1)C(=O)NC(Cc1ccccc1)C(=O)O)NC(=O)OC(C)(C)C. The van der Waals surface area contributed by atoms with Crippen molar-refractivity contribution in [2.75, 3.05) is 23.5 Å². The summed E-state index contributed by atoms with van der Waals surface area (Å²) in [6.07, 6.45) is 2.29. The molecule has 0 aliphatic heterocycles. The second-order valence-electron chi connectivity index (χ2n) is 10.5. The van der Waals surface area contributed by atoms with Crippen LogP contribution < -0.4 is 10.6 Å². The highest BCUT2D eigenvalue weighted by Crippen LogP contribution is 2.27. The number of aliphatic carboxylic acids is 1. The molecule has 2 amide bonds. The molecule has 4 unspecified atom stereocenters. The molecule has 220 valence electrons. The van der Waals surface area contributed by atoms with Crippen LogP contribution in [0.3, 0.4) is 0 Å². The van der Waals surface area contributed by atoms with E-state index in [2.05, 4.69) is 10.6 Å². The molecule has 0 aliphatic rings. The Balaban J connectivity index is 2.03. The van der Waals surface area contributed by atoms with Gasteiger partial charge in [-0.05, 0) is 44.7 Å². The first kappa shape index (κ1) is 33.7. The summed E-state index contributed by atoms with van der Waals surface area (Å²) in [7, 11) is 2.00. The number of benzene rings is 2. The summed E-state index contributed by atoms with van der Waals surface area (Å²) in [5.74, 6) is -0.429. The van der Waals surface area contributed by atoms with Gasteiger partial charge in [-0.15, -0.1) is 0 Å². The number of hydrogen-bond donors (Lipinski definition) is 3. The number of carbonyl (C=O) groups is 3. The Labute approximate surface area is 247 Å². The van der Waals surface area contributed by atoms with Crippen molar-refractivity contribution in [3.63, 3.8) is 0 Å². The Morgan fingerprint density at radius 1 is 0.900 bits per heavy atom. The standard InChI is InChI=1S/C29H40N2O6S3/c1-29(2,3)37-28(35)30-24(15-16-40(4)36)20-39-38-19-23(17-21-11-7-5-8-12-21)26(32)31-25(27(33)34)18-22-13-9-6-10-14-22/h5-14,23-25H,15-20H2,1-4H3,(H,30,35)(H,31,32)(H,33,34). The van der Waals surface area contributed by atoms with Gasteiger partial charge in [-0.25, -0.2) is 9.59 Å². The summed E-state index contributed by atoms with van der Waals surface area (Å²) in [6.45, 7) is 5.37. The van der Waals surface area contributed by atoms with Gasteiger partial charge in [0.15, 0.2) is 0 Å². The van der Waals surface area contributed by atoms with Crippen LogP contribution in [0.25, 0.3) is 0 Å². The van der Waals surface area contributed by atoms with E-state index in [0.717, 1.165) is 11.1 Å². The number of alkyl carbamates (subject to hydrolysis) is 1. The molecule has 0 fully saturated rings. The highest BCUT2D eigenvalue weighted by atomic mass is 33.1.